The number of carboxylic acids is 1. The molecule has 2 heterocycles. The Morgan fingerprint density at radius 3 is 2.60 bits per heavy atom. The smallest absolute Gasteiger partial charge is 0.303 e. The number of ketones is 1. The lowest BCUT2D eigenvalue weighted by Crippen LogP contribution is -2.60. The number of carbonyl (C=O) groups is 2. The third kappa shape index (κ3) is 8.14. The van der Waals surface area contributed by atoms with E-state index in [1.54, 1.807) is 37.3 Å². The van der Waals surface area contributed by atoms with Gasteiger partial charge < -0.3 is 40.1 Å². The number of ether oxygens (including phenoxy) is 2. The number of hydrogen-bond donors (Lipinski definition) is 6. The number of fused-ring (bicyclic) bond motifs is 1. The van der Waals surface area contributed by atoms with Gasteiger partial charge in [0.05, 0.1) is 29.3 Å². The molecule has 2 aliphatic rings. The highest BCUT2D eigenvalue weighted by Crippen LogP contribution is 2.47. The Morgan fingerprint density at radius 2 is 1.91 bits per heavy atom. The van der Waals surface area contributed by atoms with Crippen molar-refractivity contribution < 1.29 is 49.7 Å². The van der Waals surface area contributed by atoms with Crippen molar-refractivity contribution in [2.75, 3.05) is 6.61 Å². The van der Waals surface area contributed by atoms with Crippen LogP contribution in [0.3, 0.4) is 0 Å². The molecule has 246 valence electrons. The zero-order valence-corrected chi connectivity index (χ0v) is 26.8. The molecule has 1 aliphatic carbocycles. The number of carboxylic acid groups (broad SMARTS) is 1. The van der Waals surface area contributed by atoms with Crippen molar-refractivity contribution in [2.24, 2.45) is 17.3 Å². The van der Waals surface area contributed by atoms with Gasteiger partial charge in [-0.05, 0) is 25.3 Å². The first kappa shape index (κ1) is 35.5. The Balaban J connectivity index is 1.54. The normalized spacial score (nSPS) is 30.4. The number of aliphatic carboxylic acids is 1. The molecule has 12 heteroatoms. The number of unbranched alkanes of at least 4 members (excludes halogenated alkanes) is 1. The Bertz CT molecular complexity index is 1430. The van der Waals surface area contributed by atoms with E-state index in [0.717, 1.165) is 15.0 Å². The van der Waals surface area contributed by atoms with Crippen LogP contribution in [0, 0.1) is 29.1 Å². The summed E-state index contributed by atoms with van der Waals surface area (Å²) in [6.07, 6.45) is -4.11. The molecule has 1 aliphatic heterocycles. The molecule has 1 saturated heterocycles. The van der Waals surface area contributed by atoms with Gasteiger partial charge in [-0.3, -0.25) is 9.59 Å². The molecule has 2 aromatic rings. The van der Waals surface area contributed by atoms with Crippen molar-refractivity contribution in [3.05, 3.63) is 46.3 Å². The highest BCUT2D eigenvalue weighted by molar-refractivity contribution is 7.19. The van der Waals surface area contributed by atoms with Gasteiger partial charge in [0.2, 0.25) is 0 Å². The van der Waals surface area contributed by atoms with Crippen molar-refractivity contribution in [1.29, 1.82) is 0 Å². The lowest BCUT2D eigenvalue weighted by Gasteiger charge is -2.42. The second kappa shape index (κ2) is 15.5. The van der Waals surface area contributed by atoms with Gasteiger partial charge in [-0.15, -0.1) is 23.2 Å². The number of thiophene rings is 1. The number of halogens is 1. The van der Waals surface area contributed by atoms with Crippen molar-refractivity contribution in [2.45, 2.75) is 95.3 Å². The summed E-state index contributed by atoms with van der Waals surface area (Å²) in [5.74, 6) is 3.61. The Hall–Kier alpha value is -2.37. The van der Waals surface area contributed by atoms with Crippen LogP contribution < -0.4 is 0 Å². The number of carbonyl (C=O) groups excluding carboxylic acids is 1. The maximum atomic E-state index is 13.7. The number of aryl methyl sites for hydroxylation is 1. The van der Waals surface area contributed by atoms with Crippen molar-refractivity contribution >= 4 is 44.8 Å². The average molecular weight is 665 g/mol. The van der Waals surface area contributed by atoms with Crippen LogP contribution in [0.1, 0.15) is 50.8 Å². The molecular weight excluding hydrogens is 624 g/mol. The molecule has 1 aromatic carbocycles. The largest absolute Gasteiger partial charge is 0.481 e. The van der Waals surface area contributed by atoms with Gasteiger partial charge in [0, 0.05) is 46.1 Å². The zero-order chi connectivity index (χ0) is 32.9. The maximum absolute atomic E-state index is 13.7. The van der Waals surface area contributed by atoms with Gasteiger partial charge in [0.1, 0.15) is 30.2 Å². The summed E-state index contributed by atoms with van der Waals surface area (Å²) < 4.78 is 12.8. The molecule has 10 nitrogen and oxygen atoms in total. The number of rotatable bonds is 12. The second-order valence-corrected chi connectivity index (χ2v) is 13.7. The summed E-state index contributed by atoms with van der Waals surface area (Å²) in [5.41, 5.74) is -1.10. The van der Waals surface area contributed by atoms with Gasteiger partial charge in [-0.25, -0.2) is 0 Å². The molecule has 6 N–H and O–H groups in total. The van der Waals surface area contributed by atoms with Crippen LogP contribution in [-0.2, 0) is 25.5 Å². The predicted molar refractivity (Wildman–Crippen MR) is 169 cm³/mol. The van der Waals surface area contributed by atoms with E-state index in [0.29, 0.717) is 30.7 Å². The number of Topliss-reactive ketones (excluding diaryl/α,β-unsaturated/α-hetero) is 1. The molecule has 0 radical (unpaired) electrons. The highest BCUT2D eigenvalue weighted by Gasteiger charge is 2.57. The van der Waals surface area contributed by atoms with Crippen LogP contribution in [0.5, 0.6) is 0 Å². The zero-order valence-electron chi connectivity index (χ0n) is 25.2. The first-order chi connectivity index (χ1) is 21.4. The van der Waals surface area contributed by atoms with Crippen LogP contribution in [0.2, 0.25) is 5.02 Å². The molecule has 0 spiro atoms. The van der Waals surface area contributed by atoms with E-state index in [1.807, 2.05) is 24.3 Å². The monoisotopic (exact) mass is 664 g/mol. The topological polar surface area (TPSA) is 174 Å². The fourth-order valence-corrected chi connectivity index (χ4v) is 7.53. The summed E-state index contributed by atoms with van der Waals surface area (Å²) in [7, 11) is 0. The first-order valence-corrected chi connectivity index (χ1v) is 16.3. The van der Waals surface area contributed by atoms with E-state index < -0.39 is 72.7 Å². The Labute approximate surface area is 271 Å². The second-order valence-electron chi connectivity index (χ2n) is 12.2. The number of hydrogen-bond acceptors (Lipinski definition) is 10. The molecule has 1 saturated carbocycles. The molecule has 45 heavy (non-hydrogen) atoms. The van der Waals surface area contributed by atoms with E-state index in [2.05, 4.69) is 11.8 Å². The standard InChI is InChI=1S/C33H41ClO10S/c1-33(2)30(42)19(9-5-3-4-6-12-25(37)38)20(31(33)44-32-29(41)28(40)27(39)22(17-35)43-32)15-13-18(36)14-16-24-26(34)21-10-7-8-11-23(21)45-24/h7-8,10-11,13,15,18-20,22,27-29,31-32,35-36,39-41H,4,6,9,12,14,16-17H2,1-2H3,(H,37,38)/b15-13+/t18?,19-,20-,22-,27-,28+,29-,31+,32?/m1/s1. The van der Waals surface area contributed by atoms with E-state index in [-0.39, 0.29) is 18.6 Å². The fraction of sp³-hybridized carbons (Fsp3) is 0.576. The van der Waals surface area contributed by atoms with E-state index in [9.17, 15) is 35.1 Å². The van der Waals surface area contributed by atoms with Crippen molar-refractivity contribution in [1.82, 2.24) is 0 Å². The van der Waals surface area contributed by atoms with Crippen molar-refractivity contribution in [3.8, 4) is 11.8 Å². The van der Waals surface area contributed by atoms with Crippen LogP contribution in [0.15, 0.2) is 36.4 Å². The molecule has 1 aromatic heterocycles. The molecule has 4 rings (SSSR count). The summed E-state index contributed by atoms with van der Waals surface area (Å²) in [5, 5.41) is 62.2. The van der Waals surface area contributed by atoms with Crippen LogP contribution >= 0.6 is 22.9 Å². The number of aliphatic hydroxyl groups excluding tert-OH is 5. The Kier molecular flexibility index (Phi) is 12.2. The van der Waals surface area contributed by atoms with Crippen LogP contribution in [-0.4, -0.2) is 91.9 Å². The molecule has 0 bridgehead atoms. The molecule has 0 amide bonds. The van der Waals surface area contributed by atoms with Gasteiger partial charge in [0.15, 0.2) is 6.29 Å². The van der Waals surface area contributed by atoms with Crippen molar-refractivity contribution in [3.63, 3.8) is 0 Å². The van der Waals surface area contributed by atoms with E-state index >= 15 is 0 Å². The minimum atomic E-state index is -1.65. The highest BCUT2D eigenvalue weighted by atomic mass is 35.5. The minimum Gasteiger partial charge on any atom is -0.481 e. The average Bonchev–Trinajstić information content (AvgIpc) is 3.42. The van der Waals surface area contributed by atoms with Gasteiger partial charge in [0.25, 0.3) is 0 Å². The third-order valence-corrected chi connectivity index (χ3v) is 10.4. The SMILES string of the molecule is CC1(C)C(=O)[C@H](CC#CCCCC(=O)O)[C@@H](/C=C/C(O)CCc2sc3ccccc3c2Cl)[C@@H]1OC1O[C@H](CO)[C@@H](O)[C@H](O)[C@H]1O. The number of aliphatic hydroxyl groups is 5. The number of benzene rings is 1. The Morgan fingerprint density at radius 1 is 1.18 bits per heavy atom. The fourth-order valence-electron chi connectivity index (χ4n) is 5.99. The van der Waals surface area contributed by atoms with Crippen LogP contribution in [0.4, 0.5) is 0 Å². The first-order valence-electron chi connectivity index (χ1n) is 15.1. The molecule has 2 fully saturated rings. The van der Waals surface area contributed by atoms with Gasteiger partial charge in [-0.2, -0.15) is 0 Å². The quantitative estimate of drug-likeness (QED) is 0.112. The van der Waals surface area contributed by atoms with Gasteiger partial charge >= 0.3 is 5.97 Å². The predicted octanol–water partition coefficient (Wildman–Crippen LogP) is 3.08. The molecular formula is C33H41ClO10S. The lowest BCUT2D eigenvalue weighted by molar-refractivity contribution is -0.318. The van der Waals surface area contributed by atoms with E-state index in [1.165, 1.54) is 0 Å². The summed E-state index contributed by atoms with van der Waals surface area (Å²) in [6.45, 7) is 2.77. The summed E-state index contributed by atoms with van der Waals surface area (Å²) in [4.78, 5) is 25.5. The maximum Gasteiger partial charge on any atom is 0.303 e. The molecule has 9 atom stereocenters. The molecule has 2 unspecified atom stereocenters. The summed E-state index contributed by atoms with van der Waals surface area (Å²) >= 11 is 8.16. The minimum absolute atomic E-state index is 0.00492. The lowest BCUT2D eigenvalue weighted by atomic mass is 9.86. The third-order valence-electron chi connectivity index (χ3n) is 8.59. The summed E-state index contributed by atoms with van der Waals surface area (Å²) in [6, 6.07) is 7.82. The van der Waals surface area contributed by atoms with E-state index in [4.69, 9.17) is 26.2 Å². The van der Waals surface area contributed by atoms with Crippen LogP contribution in [0.25, 0.3) is 10.1 Å². The van der Waals surface area contributed by atoms with Gasteiger partial charge in [-0.1, -0.05) is 55.8 Å².